The standard InChI is InChI=1S/C15H22O/c1-10-9-11(2)14(5)15(13(10)4)8-6-7-12(3)16/h9H,6-8H2,1-5H3. The van der Waals surface area contributed by atoms with E-state index < -0.39 is 0 Å². The number of aryl methyl sites for hydroxylation is 2. The van der Waals surface area contributed by atoms with Crippen molar-refractivity contribution in [3.63, 3.8) is 0 Å². The van der Waals surface area contributed by atoms with Gasteiger partial charge in [-0.1, -0.05) is 6.07 Å². The van der Waals surface area contributed by atoms with Crippen molar-refractivity contribution in [1.82, 2.24) is 0 Å². The maximum absolute atomic E-state index is 10.9. The van der Waals surface area contributed by atoms with Gasteiger partial charge in [0.25, 0.3) is 0 Å². The van der Waals surface area contributed by atoms with Crippen LogP contribution in [0.2, 0.25) is 0 Å². The molecule has 0 bridgehead atoms. The van der Waals surface area contributed by atoms with Gasteiger partial charge in [0.2, 0.25) is 0 Å². The summed E-state index contributed by atoms with van der Waals surface area (Å²) in [5, 5.41) is 0. The Hall–Kier alpha value is -1.11. The first-order valence-corrected chi connectivity index (χ1v) is 5.99. The van der Waals surface area contributed by atoms with E-state index in [2.05, 4.69) is 33.8 Å². The summed E-state index contributed by atoms with van der Waals surface area (Å²) < 4.78 is 0. The molecule has 1 rings (SSSR count). The van der Waals surface area contributed by atoms with E-state index >= 15 is 0 Å². The van der Waals surface area contributed by atoms with E-state index in [-0.39, 0.29) is 0 Å². The molecule has 0 saturated carbocycles. The summed E-state index contributed by atoms with van der Waals surface area (Å²) in [4.78, 5) is 10.9. The van der Waals surface area contributed by atoms with Gasteiger partial charge in [-0.25, -0.2) is 0 Å². The van der Waals surface area contributed by atoms with Crippen LogP contribution in [-0.2, 0) is 11.2 Å². The molecular weight excluding hydrogens is 196 g/mol. The molecule has 88 valence electrons. The Morgan fingerprint density at radius 2 is 1.56 bits per heavy atom. The van der Waals surface area contributed by atoms with Crippen LogP contribution in [0.4, 0.5) is 0 Å². The van der Waals surface area contributed by atoms with Gasteiger partial charge < -0.3 is 4.79 Å². The molecule has 0 aliphatic carbocycles. The van der Waals surface area contributed by atoms with Gasteiger partial charge in [-0.2, -0.15) is 0 Å². The van der Waals surface area contributed by atoms with Crippen LogP contribution in [0.1, 0.15) is 47.6 Å². The minimum atomic E-state index is 0.291. The van der Waals surface area contributed by atoms with Crippen LogP contribution in [0, 0.1) is 27.7 Å². The fourth-order valence-corrected chi connectivity index (χ4v) is 2.19. The topological polar surface area (TPSA) is 17.1 Å². The molecule has 0 saturated heterocycles. The highest BCUT2D eigenvalue weighted by atomic mass is 16.1. The molecule has 0 fully saturated rings. The summed E-state index contributed by atoms with van der Waals surface area (Å²) >= 11 is 0. The highest BCUT2D eigenvalue weighted by Gasteiger charge is 2.08. The van der Waals surface area contributed by atoms with E-state index in [1.165, 1.54) is 27.8 Å². The molecular formula is C15H22O. The van der Waals surface area contributed by atoms with Crippen molar-refractivity contribution in [2.45, 2.75) is 53.9 Å². The third-order valence-corrected chi connectivity index (χ3v) is 3.48. The van der Waals surface area contributed by atoms with Crippen molar-refractivity contribution in [2.24, 2.45) is 0 Å². The van der Waals surface area contributed by atoms with E-state index in [4.69, 9.17) is 0 Å². The van der Waals surface area contributed by atoms with Crippen LogP contribution in [0.3, 0.4) is 0 Å². The van der Waals surface area contributed by atoms with Crippen LogP contribution in [0.15, 0.2) is 6.07 Å². The zero-order valence-electron chi connectivity index (χ0n) is 11.1. The maximum atomic E-state index is 10.9. The molecule has 1 aromatic rings. The summed E-state index contributed by atoms with van der Waals surface area (Å²) in [6, 6.07) is 2.25. The van der Waals surface area contributed by atoms with E-state index in [0.29, 0.717) is 12.2 Å². The first kappa shape index (κ1) is 13.0. The molecule has 0 aliphatic rings. The van der Waals surface area contributed by atoms with Gasteiger partial charge in [-0.15, -0.1) is 0 Å². The highest BCUT2D eigenvalue weighted by Crippen LogP contribution is 2.23. The molecule has 0 spiro atoms. The molecule has 16 heavy (non-hydrogen) atoms. The van der Waals surface area contributed by atoms with Gasteiger partial charge in [0.15, 0.2) is 0 Å². The summed E-state index contributed by atoms with van der Waals surface area (Å²) in [6.45, 7) is 10.4. The van der Waals surface area contributed by atoms with Crippen molar-refractivity contribution in [3.8, 4) is 0 Å². The van der Waals surface area contributed by atoms with Gasteiger partial charge in [-0.05, 0) is 75.3 Å². The number of ketones is 1. The number of Topliss-reactive ketones (excluding diaryl/α,β-unsaturated/α-hetero) is 1. The Balaban J connectivity index is 2.90. The van der Waals surface area contributed by atoms with Gasteiger partial charge in [-0.3, -0.25) is 0 Å². The highest BCUT2D eigenvalue weighted by molar-refractivity contribution is 5.75. The van der Waals surface area contributed by atoms with Crippen LogP contribution in [0.25, 0.3) is 0 Å². The van der Waals surface area contributed by atoms with Crippen LogP contribution in [0.5, 0.6) is 0 Å². The molecule has 1 nitrogen and oxygen atoms in total. The van der Waals surface area contributed by atoms with Gasteiger partial charge in [0.1, 0.15) is 5.78 Å². The monoisotopic (exact) mass is 218 g/mol. The number of benzene rings is 1. The number of carbonyl (C=O) groups excluding carboxylic acids is 1. The van der Waals surface area contributed by atoms with E-state index in [0.717, 1.165) is 12.8 Å². The largest absolute Gasteiger partial charge is 0.300 e. The molecule has 0 aromatic heterocycles. The molecule has 0 atom stereocenters. The van der Waals surface area contributed by atoms with Crippen molar-refractivity contribution in [1.29, 1.82) is 0 Å². The lowest BCUT2D eigenvalue weighted by Crippen LogP contribution is -2.01. The van der Waals surface area contributed by atoms with Crippen LogP contribution in [-0.4, -0.2) is 5.78 Å². The molecule has 1 heteroatoms. The Bertz CT molecular complexity index is 376. The fourth-order valence-electron chi connectivity index (χ4n) is 2.19. The van der Waals surface area contributed by atoms with E-state index in [1.807, 2.05) is 0 Å². The Morgan fingerprint density at radius 1 is 1.06 bits per heavy atom. The number of rotatable bonds is 4. The molecule has 0 N–H and O–H groups in total. The van der Waals surface area contributed by atoms with E-state index in [9.17, 15) is 4.79 Å². The number of hydrogen-bond donors (Lipinski definition) is 0. The lowest BCUT2D eigenvalue weighted by atomic mass is 9.91. The SMILES string of the molecule is CC(=O)CCCc1c(C)c(C)cc(C)c1C. The maximum Gasteiger partial charge on any atom is 0.129 e. The van der Waals surface area contributed by atoms with Gasteiger partial charge in [0, 0.05) is 6.42 Å². The second kappa shape index (κ2) is 5.29. The Morgan fingerprint density at radius 3 is 2.00 bits per heavy atom. The predicted octanol–water partition coefficient (Wildman–Crippen LogP) is 3.83. The van der Waals surface area contributed by atoms with Gasteiger partial charge >= 0.3 is 0 Å². The second-order valence-electron chi connectivity index (χ2n) is 4.79. The lowest BCUT2D eigenvalue weighted by molar-refractivity contribution is -0.117. The lowest BCUT2D eigenvalue weighted by Gasteiger charge is -2.14. The number of carbonyl (C=O) groups is 1. The third-order valence-electron chi connectivity index (χ3n) is 3.48. The van der Waals surface area contributed by atoms with Crippen molar-refractivity contribution >= 4 is 5.78 Å². The van der Waals surface area contributed by atoms with Gasteiger partial charge in [0.05, 0.1) is 0 Å². The molecule has 1 aromatic carbocycles. The first-order valence-electron chi connectivity index (χ1n) is 5.99. The molecule has 0 heterocycles. The summed E-state index contributed by atoms with van der Waals surface area (Å²) in [5.41, 5.74) is 6.96. The third kappa shape index (κ3) is 2.94. The Kier molecular flexibility index (Phi) is 4.28. The minimum absolute atomic E-state index is 0.291. The summed E-state index contributed by atoms with van der Waals surface area (Å²) in [7, 11) is 0. The second-order valence-corrected chi connectivity index (χ2v) is 4.79. The fraction of sp³-hybridized carbons (Fsp3) is 0.533. The minimum Gasteiger partial charge on any atom is -0.300 e. The summed E-state index contributed by atoms with van der Waals surface area (Å²) in [6.07, 6.45) is 2.70. The smallest absolute Gasteiger partial charge is 0.129 e. The van der Waals surface area contributed by atoms with Crippen molar-refractivity contribution in [3.05, 3.63) is 33.9 Å². The first-order chi connectivity index (χ1) is 7.43. The zero-order chi connectivity index (χ0) is 12.3. The molecule has 0 aliphatic heterocycles. The average molecular weight is 218 g/mol. The number of hydrogen-bond acceptors (Lipinski definition) is 1. The average Bonchev–Trinajstić information content (AvgIpc) is 2.20. The molecule has 0 unspecified atom stereocenters. The zero-order valence-corrected chi connectivity index (χ0v) is 11.1. The van der Waals surface area contributed by atoms with Crippen LogP contribution < -0.4 is 0 Å². The van der Waals surface area contributed by atoms with E-state index in [1.54, 1.807) is 6.92 Å². The summed E-state index contributed by atoms with van der Waals surface area (Å²) in [5.74, 6) is 0.291. The quantitative estimate of drug-likeness (QED) is 0.750. The molecule has 0 radical (unpaired) electrons. The molecule has 0 amide bonds. The normalized spacial score (nSPS) is 10.6. The van der Waals surface area contributed by atoms with Crippen molar-refractivity contribution < 1.29 is 4.79 Å². The predicted molar refractivity (Wildman–Crippen MR) is 69.0 cm³/mol. The Labute approximate surface area is 98.9 Å². The van der Waals surface area contributed by atoms with Crippen molar-refractivity contribution in [2.75, 3.05) is 0 Å². The van der Waals surface area contributed by atoms with Crippen LogP contribution >= 0.6 is 0 Å².